The van der Waals surface area contributed by atoms with Gasteiger partial charge in [-0.2, -0.15) is 0 Å². The van der Waals surface area contributed by atoms with Gasteiger partial charge in [-0.25, -0.2) is 8.78 Å². The molecule has 0 aliphatic heterocycles. The third-order valence-electron chi connectivity index (χ3n) is 1.46. The van der Waals surface area contributed by atoms with Gasteiger partial charge in [0.25, 0.3) is 5.92 Å². The van der Waals surface area contributed by atoms with E-state index in [9.17, 15) is 13.9 Å². The molecule has 1 N–H and O–H groups in total. The monoisotopic (exact) mass is 236 g/mol. The van der Waals surface area contributed by atoms with Crippen LogP contribution in [0.2, 0.25) is 0 Å². The predicted molar refractivity (Wildman–Crippen MR) is 45.4 cm³/mol. The van der Waals surface area contributed by atoms with E-state index in [1.54, 1.807) is 0 Å². The van der Waals surface area contributed by atoms with Crippen LogP contribution in [0.25, 0.3) is 0 Å². The molecular weight excluding hydrogens is 230 g/mol. The Morgan fingerprint density at radius 3 is 2.42 bits per heavy atom. The molecule has 0 saturated heterocycles. The van der Waals surface area contributed by atoms with Gasteiger partial charge in [-0.05, 0) is 28.1 Å². The highest BCUT2D eigenvalue weighted by atomic mass is 79.9. The topological polar surface area (TPSA) is 20.2 Å². The third-order valence-corrected chi connectivity index (χ3v) is 2.10. The fourth-order valence-corrected chi connectivity index (χ4v) is 1.24. The van der Waals surface area contributed by atoms with Crippen molar-refractivity contribution in [3.63, 3.8) is 0 Å². The number of hydrogen-bond donors (Lipinski definition) is 1. The van der Waals surface area contributed by atoms with Gasteiger partial charge in [0.2, 0.25) is 0 Å². The summed E-state index contributed by atoms with van der Waals surface area (Å²) < 4.78 is 25.7. The Morgan fingerprint density at radius 1 is 1.42 bits per heavy atom. The summed E-state index contributed by atoms with van der Waals surface area (Å²) in [5.41, 5.74) is -0.364. The fourth-order valence-electron chi connectivity index (χ4n) is 0.870. The van der Waals surface area contributed by atoms with Crippen LogP contribution in [0.5, 0.6) is 5.75 Å². The van der Waals surface area contributed by atoms with E-state index in [4.69, 9.17) is 0 Å². The van der Waals surface area contributed by atoms with Crippen molar-refractivity contribution in [2.45, 2.75) is 12.8 Å². The van der Waals surface area contributed by atoms with Gasteiger partial charge in [-0.15, -0.1) is 0 Å². The van der Waals surface area contributed by atoms with Crippen molar-refractivity contribution in [2.24, 2.45) is 0 Å². The molecule has 0 radical (unpaired) electrons. The van der Waals surface area contributed by atoms with E-state index in [2.05, 4.69) is 15.9 Å². The fraction of sp³-hybridized carbons (Fsp3) is 0.250. The Bertz CT molecular complexity index is 294. The quantitative estimate of drug-likeness (QED) is 0.794. The zero-order chi connectivity index (χ0) is 9.35. The smallest absolute Gasteiger partial charge is 0.274 e. The average Bonchev–Trinajstić information content (AvgIpc) is 1.92. The minimum absolute atomic E-state index is 0.279. The molecule has 1 nitrogen and oxygen atoms in total. The van der Waals surface area contributed by atoms with E-state index < -0.39 is 11.7 Å². The maximum Gasteiger partial charge on any atom is 0.274 e. The van der Waals surface area contributed by atoms with Gasteiger partial charge in [0.05, 0.1) is 10.0 Å². The molecule has 0 amide bonds. The first kappa shape index (κ1) is 9.45. The number of phenolic OH excluding ortho intramolecular Hbond substituents is 1. The zero-order valence-corrected chi connectivity index (χ0v) is 7.90. The number of benzene rings is 1. The highest BCUT2D eigenvalue weighted by Crippen LogP contribution is 2.37. The molecule has 0 spiro atoms. The van der Waals surface area contributed by atoms with E-state index in [0.717, 1.165) is 6.92 Å². The van der Waals surface area contributed by atoms with Gasteiger partial charge in [0.15, 0.2) is 0 Å². The van der Waals surface area contributed by atoms with Crippen molar-refractivity contribution >= 4 is 15.9 Å². The molecule has 12 heavy (non-hydrogen) atoms. The van der Waals surface area contributed by atoms with Gasteiger partial charge in [0, 0.05) is 6.92 Å². The van der Waals surface area contributed by atoms with Crippen molar-refractivity contribution < 1.29 is 13.9 Å². The average molecular weight is 237 g/mol. The minimum atomic E-state index is -3.01. The standard InChI is InChI=1S/C8H7BrF2O/c1-8(10,11)5-3-2-4-6(9)7(5)12/h2-4,12H,1H3. The summed E-state index contributed by atoms with van der Waals surface area (Å²) in [6.07, 6.45) is 0. The number of alkyl halides is 2. The van der Waals surface area contributed by atoms with E-state index in [1.807, 2.05) is 0 Å². The van der Waals surface area contributed by atoms with Gasteiger partial charge >= 0.3 is 0 Å². The van der Waals surface area contributed by atoms with Crippen LogP contribution < -0.4 is 0 Å². The molecule has 0 heterocycles. The molecule has 4 heteroatoms. The summed E-state index contributed by atoms with van der Waals surface area (Å²) in [4.78, 5) is 0. The summed E-state index contributed by atoms with van der Waals surface area (Å²) >= 11 is 2.96. The zero-order valence-electron chi connectivity index (χ0n) is 6.31. The molecule has 0 unspecified atom stereocenters. The molecule has 66 valence electrons. The Balaban J connectivity index is 3.26. The van der Waals surface area contributed by atoms with Gasteiger partial charge in [-0.3, -0.25) is 0 Å². The number of phenols is 1. The van der Waals surface area contributed by atoms with E-state index in [1.165, 1.54) is 18.2 Å². The molecule has 0 saturated carbocycles. The van der Waals surface area contributed by atoms with Crippen LogP contribution in [0.1, 0.15) is 12.5 Å². The number of hydrogen-bond acceptors (Lipinski definition) is 1. The second-order valence-electron chi connectivity index (χ2n) is 2.52. The minimum Gasteiger partial charge on any atom is -0.506 e. The van der Waals surface area contributed by atoms with Crippen LogP contribution in [-0.2, 0) is 5.92 Å². The molecule has 0 aliphatic carbocycles. The van der Waals surface area contributed by atoms with Gasteiger partial charge < -0.3 is 5.11 Å². The molecule has 1 aromatic rings. The normalized spacial score (nSPS) is 11.7. The molecule has 1 aromatic carbocycles. The highest BCUT2D eigenvalue weighted by molar-refractivity contribution is 9.10. The Hall–Kier alpha value is -0.640. The van der Waals surface area contributed by atoms with Crippen LogP contribution >= 0.6 is 15.9 Å². The molecule has 0 fully saturated rings. The number of para-hydroxylation sites is 1. The summed E-state index contributed by atoms with van der Waals surface area (Å²) in [6.45, 7) is 0.745. The van der Waals surface area contributed by atoms with E-state index in [-0.39, 0.29) is 10.0 Å². The lowest BCUT2D eigenvalue weighted by Crippen LogP contribution is -2.06. The van der Waals surface area contributed by atoms with Gasteiger partial charge in [-0.1, -0.05) is 6.07 Å². The van der Waals surface area contributed by atoms with Crippen molar-refractivity contribution in [3.05, 3.63) is 28.2 Å². The van der Waals surface area contributed by atoms with Crippen LogP contribution in [0.4, 0.5) is 8.78 Å². The predicted octanol–water partition coefficient (Wildman–Crippen LogP) is 3.27. The Labute approximate surface area is 77.2 Å². The molecule has 0 aliphatic rings. The van der Waals surface area contributed by atoms with Crippen LogP contribution in [0, 0.1) is 0 Å². The molecule has 0 aromatic heterocycles. The summed E-state index contributed by atoms with van der Waals surface area (Å²) in [7, 11) is 0. The lowest BCUT2D eigenvalue weighted by Gasteiger charge is -2.12. The molecular formula is C8H7BrF2O. The summed E-state index contributed by atoms with van der Waals surface area (Å²) in [6, 6.07) is 4.15. The summed E-state index contributed by atoms with van der Waals surface area (Å²) in [5, 5.41) is 9.21. The second kappa shape index (κ2) is 3.01. The lowest BCUT2D eigenvalue weighted by molar-refractivity contribution is 0.0151. The second-order valence-corrected chi connectivity index (χ2v) is 3.38. The van der Waals surface area contributed by atoms with Crippen LogP contribution in [-0.4, -0.2) is 5.11 Å². The largest absolute Gasteiger partial charge is 0.506 e. The summed E-state index contributed by atoms with van der Waals surface area (Å²) in [5.74, 6) is -3.40. The van der Waals surface area contributed by atoms with Gasteiger partial charge in [0.1, 0.15) is 5.75 Å². The maximum atomic E-state index is 12.7. The highest BCUT2D eigenvalue weighted by Gasteiger charge is 2.28. The van der Waals surface area contributed by atoms with Crippen molar-refractivity contribution in [1.82, 2.24) is 0 Å². The number of halogens is 3. The number of rotatable bonds is 1. The lowest BCUT2D eigenvalue weighted by atomic mass is 10.1. The van der Waals surface area contributed by atoms with Crippen molar-refractivity contribution in [1.29, 1.82) is 0 Å². The van der Waals surface area contributed by atoms with E-state index >= 15 is 0 Å². The van der Waals surface area contributed by atoms with E-state index in [0.29, 0.717) is 0 Å². The first-order valence-electron chi connectivity index (χ1n) is 3.28. The molecule has 0 bridgehead atoms. The van der Waals surface area contributed by atoms with Crippen LogP contribution in [0.3, 0.4) is 0 Å². The number of aromatic hydroxyl groups is 1. The van der Waals surface area contributed by atoms with Crippen molar-refractivity contribution in [3.8, 4) is 5.75 Å². The molecule has 0 atom stereocenters. The third kappa shape index (κ3) is 1.75. The SMILES string of the molecule is CC(F)(F)c1cccc(Br)c1O. The Kier molecular flexibility index (Phi) is 2.37. The van der Waals surface area contributed by atoms with Crippen molar-refractivity contribution in [2.75, 3.05) is 0 Å². The first-order valence-corrected chi connectivity index (χ1v) is 4.08. The maximum absolute atomic E-state index is 12.7. The Morgan fingerprint density at radius 2 is 2.00 bits per heavy atom. The first-order chi connectivity index (χ1) is 5.43. The van der Waals surface area contributed by atoms with Crippen LogP contribution in [0.15, 0.2) is 22.7 Å². The molecule has 1 rings (SSSR count).